The average Bonchev–Trinajstić information content (AvgIpc) is 2.85. The van der Waals surface area contributed by atoms with Crippen LogP contribution in [0.3, 0.4) is 0 Å². The van der Waals surface area contributed by atoms with Gasteiger partial charge in [-0.25, -0.2) is 13.8 Å². The molecule has 21 heavy (non-hydrogen) atoms. The van der Waals surface area contributed by atoms with E-state index in [-0.39, 0.29) is 15.7 Å². The monoisotopic (exact) mass is 305 g/mol. The highest BCUT2D eigenvalue weighted by Crippen LogP contribution is 2.33. The van der Waals surface area contributed by atoms with Gasteiger partial charge in [-0.3, -0.25) is 5.41 Å². The number of halogens is 2. The zero-order valence-electron chi connectivity index (χ0n) is 10.6. The van der Waals surface area contributed by atoms with E-state index in [0.717, 1.165) is 23.9 Å². The molecule has 0 bridgehead atoms. The molecule has 1 aromatic heterocycles. The van der Waals surface area contributed by atoms with Crippen LogP contribution >= 0.6 is 11.8 Å². The lowest BCUT2D eigenvalue weighted by atomic mass is 10.2. The van der Waals surface area contributed by atoms with Crippen molar-refractivity contribution in [3.05, 3.63) is 53.6 Å². The number of fused-ring (bicyclic) bond motifs is 1. The number of nitrogens with zero attached hydrogens (tertiary/aromatic N) is 1. The number of rotatable bonds is 3. The third kappa shape index (κ3) is 2.59. The molecule has 0 aliphatic rings. The number of hydrogen-bond donors (Lipinski definition) is 2. The van der Waals surface area contributed by atoms with Gasteiger partial charge < -0.3 is 10.2 Å². The van der Waals surface area contributed by atoms with Crippen molar-refractivity contribution in [1.29, 1.82) is 5.41 Å². The Bertz CT molecular complexity index is 791. The van der Waals surface area contributed by atoms with Gasteiger partial charge in [0.05, 0.1) is 4.90 Å². The predicted molar refractivity (Wildman–Crippen MR) is 75.5 cm³/mol. The van der Waals surface area contributed by atoms with E-state index in [2.05, 4.69) is 4.98 Å². The van der Waals surface area contributed by atoms with Gasteiger partial charge in [0, 0.05) is 5.56 Å². The van der Waals surface area contributed by atoms with Crippen molar-refractivity contribution in [2.24, 2.45) is 5.73 Å². The normalized spacial score (nSPS) is 11.0. The van der Waals surface area contributed by atoms with Gasteiger partial charge in [0.25, 0.3) is 5.22 Å². The molecule has 3 rings (SSSR count). The van der Waals surface area contributed by atoms with E-state index in [1.807, 2.05) is 0 Å². The van der Waals surface area contributed by atoms with Crippen molar-refractivity contribution in [2.45, 2.75) is 10.1 Å². The quantitative estimate of drug-likeness (QED) is 0.573. The lowest BCUT2D eigenvalue weighted by molar-refractivity contribution is 0.485. The van der Waals surface area contributed by atoms with E-state index in [0.29, 0.717) is 11.1 Å². The molecule has 0 atom stereocenters. The van der Waals surface area contributed by atoms with Crippen molar-refractivity contribution in [3.63, 3.8) is 0 Å². The number of nitrogens with one attached hydrogen (secondary N) is 1. The van der Waals surface area contributed by atoms with Crippen LogP contribution in [0.5, 0.6) is 0 Å². The van der Waals surface area contributed by atoms with E-state index in [1.165, 1.54) is 0 Å². The molecule has 0 aliphatic carbocycles. The van der Waals surface area contributed by atoms with Crippen LogP contribution < -0.4 is 5.73 Å². The second-order valence-corrected chi connectivity index (χ2v) is 5.19. The summed E-state index contributed by atoms with van der Waals surface area (Å²) in [5.41, 5.74) is 6.36. The molecule has 4 nitrogen and oxygen atoms in total. The molecule has 0 amide bonds. The van der Waals surface area contributed by atoms with Crippen LogP contribution in [0, 0.1) is 17.0 Å². The lowest BCUT2D eigenvalue weighted by Gasteiger charge is -2.04. The van der Waals surface area contributed by atoms with E-state index in [9.17, 15) is 8.78 Å². The maximum absolute atomic E-state index is 13.9. The number of nitrogen functional groups attached to an aromatic ring is 1. The van der Waals surface area contributed by atoms with Gasteiger partial charge in [0.2, 0.25) is 0 Å². The second kappa shape index (κ2) is 5.17. The number of nitrogens with two attached hydrogens (primary N) is 1. The Morgan fingerprint density at radius 2 is 1.86 bits per heavy atom. The SMILES string of the molecule is N=C(N)c1cc(F)c(Sc2nc3ccccc3o2)c(F)c1. The third-order valence-corrected chi connectivity index (χ3v) is 3.72. The molecule has 0 unspecified atom stereocenters. The van der Waals surface area contributed by atoms with Gasteiger partial charge in [0.15, 0.2) is 5.58 Å². The third-order valence-electron chi connectivity index (χ3n) is 2.77. The number of benzene rings is 2. The van der Waals surface area contributed by atoms with Gasteiger partial charge >= 0.3 is 0 Å². The van der Waals surface area contributed by atoms with Crippen molar-refractivity contribution in [1.82, 2.24) is 4.98 Å². The van der Waals surface area contributed by atoms with Crippen molar-refractivity contribution >= 4 is 28.7 Å². The first-order valence-electron chi connectivity index (χ1n) is 5.91. The van der Waals surface area contributed by atoms with Gasteiger partial charge in [-0.2, -0.15) is 0 Å². The summed E-state index contributed by atoms with van der Waals surface area (Å²) in [6, 6.07) is 9.06. The summed E-state index contributed by atoms with van der Waals surface area (Å²) in [5.74, 6) is -2.02. The zero-order valence-corrected chi connectivity index (χ0v) is 11.4. The van der Waals surface area contributed by atoms with Crippen LogP contribution in [-0.2, 0) is 0 Å². The van der Waals surface area contributed by atoms with Crippen molar-refractivity contribution in [3.8, 4) is 0 Å². The van der Waals surface area contributed by atoms with E-state index in [4.69, 9.17) is 15.6 Å². The summed E-state index contributed by atoms with van der Waals surface area (Å²) >= 11 is 0.748. The molecule has 0 radical (unpaired) electrons. The molecular formula is C14H9F2N3OS. The molecule has 7 heteroatoms. The van der Waals surface area contributed by atoms with Gasteiger partial charge in [0.1, 0.15) is 23.0 Å². The van der Waals surface area contributed by atoms with Gasteiger partial charge in [-0.05, 0) is 36.0 Å². The van der Waals surface area contributed by atoms with Crippen LogP contribution in [0.25, 0.3) is 11.1 Å². The molecule has 1 heterocycles. The first kappa shape index (κ1) is 13.6. The Labute approximate surface area is 122 Å². The Morgan fingerprint density at radius 1 is 1.19 bits per heavy atom. The Balaban J connectivity index is 1.99. The number of oxazole rings is 1. The summed E-state index contributed by atoms with van der Waals surface area (Å²) in [6.07, 6.45) is 0. The Kier molecular flexibility index (Phi) is 3.34. The second-order valence-electron chi connectivity index (χ2n) is 4.23. The average molecular weight is 305 g/mol. The molecule has 0 spiro atoms. The molecule has 106 valence electrons. The summed E-state index contributed by atoms with van der Waals surface area (Å²) in [7, 11) is 0. The van der Waals surface area contributed by atoms with Crippen LogP contribution in [0.1, 0.15) is 5.56 Å². The highest BCUT2D eigenvalue weighted by Gasteiger charge is 2.17. The maximum Gasteiger partial charge on any atom is 0.261 e. The minimum absolute atomic E-state index is 0.00749. The van der Waals surface area contributed by atoms with Crippen molar-refractivity contribution in [2.75, 3.05) is 0 Å². The highest BCUT2D eigenvalue weighted by atomic mass is 32.2. The summed E-state index contributed by atoms with van der Waals surface area (Å²) < 4.78 is 33.3. The van der Waals surface area contributed by atoms with Crippen LogP contribution in [0.15, 0.2) is 50.9 Å². The molecule has 3 N–H and O–H groups in total. The number of aromatic nitrogens is 1. The predicted octanol–water partition coefficient (Wildman–Crippen LogP) is 3.54. The molecular weight excluding hydrogens is 296 g/mol. The minimum atomic E-state index is -0.813. The highest BCUT2D eigenvalue weighted by molar-refractivity contribution is 7.99. The number of amidine groups is 1. The fourth-order valence-electron chi connectivity index (χ4n) is 1.79. The van der Waals surface area contributed by atoms with Crippen LogP contribution in [0.4, 0.5) is 8.78 Å². The summed E-state index contributed by atoms with van der Waals surface area (Å²) in [5, 5.41) is 7.34. The molecule has 0 saturated heterocycles. The fourth-order valence-corrected chi connectivity index (χ4v) is 2.56. The molecule has 3 aromatic rings. The molecule has 0 aliphatic heterocycles. The van der Waals surface area contributed by atoms with Crippen LogP contribution in [-0.4, -0.2) is 10.8 Å². The first-order chi connectivity index (χ1) is 10.0. The van der Waals surface area contributed by atoms with E-state index < -0.39 is 17.5 Å². The Morgan fingerprint density at radius 3 is 2.48 bits per heavy atom. The minimum Gasteiger partial charge on any atom is -0.431 e. The van der Waals surface area contributed by atoms with E-state index in [1.54, 1.807) is 24.3 Å². The smallest absolute Gasteiger partial charge is 0.261 e. The zero-order chi connectivity index (χ0) is 15.0. The standard InChI is InChI=1S/C14H9F2N3OS/c15-8-5-7(13(17)18)6-9(16)12(8)21-14-19-10-3-1-2-4-11(10)20-14/h1-6H,(H3,17,18). The Hall–Kier alpha value is -2.41. The number of para-hydroxylation sites is 2. The topological polar surface area (TPSA) is 75.9 Å². The first-order valence-corrected chi connectivity index (χ1v) is 6.73. The van der Waals surface area contributed by atoms with Crippen LogP contribution in [0.2, 0.25) is 0 Å². The lowest BCUT2D eigenvalue weighted by Crippen LogP contribution is -2.12. The maximum atomic E-state index is 13.9. The largest absolute Gasteiger partial charge is 0.431 e. The summed E-state index contributed by atoms with van der Waals surface area (Å²) in [6.45, 7) is 0. The summed E-state index contributed by atoms with van der Waals surface area (Å²) in [4.78, 5) is 3.90. The molecule has 0 fully saturated rings. The number of hydrogen-bond acceptors (Lipinski definition) is 4. The van der Waals surface area contributed by atoms with Crippen molar-refractivity contribution < 1.29 is 13.2 Å². The van der Waals surface area contributed by atoms with Gasteiger partial charge in [-0.1, -0.05) is 12.1 Å². The van der Waals surface area contributed by atoms with Gasteiger partial charge in [-0.15, -0.1) is 0 Å². The fraction of sp³-hybridized carbons (Fsp3) is 0. The van der Waals surface area contributed by atoms with E-state index >= 15 is 0 Å². The molecule has 0 saturated carbocycles. The molecule has 2 aromatic carbocycles.